The van der Waals surface area contributed by atoms with Gasteiger partial charge >= 0.3 is 0 Å². The number of amides is 1. The highest BCUT2D eigenvalue weighted by Gasteiger charge is 2.27. The first kappa shape index (κ1) is 26.1. The summed E-state index contributed by atoms with van der Waals surface area (Å²) < 4.78 is 41.6. The average molecular weight is 521 g/mol. The fourth-order valence-electron chi connectivity index (χ4n) is 3.23. The van der Waals surface area contributed by atoms with Crippen molar-refractivity contribution in [2.75, 3.05) is 23.1 Å². The summed E-state index contributed by atoms with van der Waals surface area (Å²) >= 11 is 7.46. The second-order valence-electron chi connectivity index (χ2n) is 7.45. The molecule has 1 amide bonds. The van der Waals surface area contributed by atoms with Crippen molar-refractivity contribution in [2.45, 2.75) is 24.0 Å². The molecule has 0 unspecified atom stereocenters. The van der Waals surface area contributed by atoms with E-state index in [1.165, 1.54) is 30.0 Å². The molecule has 0 fully saturated rings. The molecule has 0 bridgehead atoms. The smallest absolute Gasteiger partial charge is 0.264 e. The van der Waals surface area contributed by atoms with Crippen LogP contribution in [-0.2, 0) is 27.0 Å². The summed E-state index contributed by atoms with van der Waals surface area (Å²) in [4.78, 5) is 12.8. The van der Waals surface area contributed by atoms with E-state index in [1.54, 1.807) is 42.5 Å². The highest BCUT2D eigenvalue weighted by Crippen LogP contribution is 2.25. The number of aryl methyl sites for hydroxylation is 1. The molecule has 0 spiro atoms. The lowest BCUT2D eigenvalue weighted by molar-refractivity contribution is -0.119. The first-order valence-corrected chi connectivity index (χ1v) is 13.7. The predicted molar refractivity (Wildman–Crippen MR) is 137 cm³/mol. The zero-order valence-electron chi connectivity index (χ0n) is 18.7. The standard InChI is InChI=1S/C25H26ClFN2O3S2/c1-2-19-11-13-20(14-12-19)29(34(31,32)21-7-4-3-5-8-21)17-25(30)28-15-16-33-18-22-23(26)9-6-10-24(22)27/h3-14H,2,15-18H2,1H3,(H,28,30). The van der Waals surface area contributed by atoms with E-state index in [4.69, 9.17) is 11.6 Å². The molecule has 0 atom stereocenters. The van der Waals surface area contributed by atoms with Crippen molar-refractivity contribution in [1.82, 2.24) is 5.32 Å². The van der Waals surface area contributed by atoms with Gasteiger partial charge in [-0.1, -0.05) is 54.9 Å². The van der Waals surface area contributed by atoms with Gasteiger partial charge in [0.2, 0.25) is 5.91 Å². The molecule has 3 aromatic carbocycles. The molecule has 0 aliphatic heterocycles. The van der Waals surface area contributed by atoms with E-state index in [0.717, 1.165) is 16.3 Å². The number of hydrogen-bond acceptors (Lipinski definition) is 4. The Morgan fingerprint density at radius 1 is 1.03 bits per heavy atom. The van der Waals surface area contributed by atoms with Gasteiger partial charge in [-0.2, -0.15) is 11.8 Å². The van der Waals surface area contributed by atoms with Crippen molar-refractivity contribution >= 4 is 45.0 Å². The third kappa shape index (κ3) is 6.74. The average Bonchev–Trinajstić information content (AvgIpc) is 2.84. The minimum absolute atomic E-state index is 0.111. The van der Waals surface area contributed by atoms with Crippen LogP contribution in [0.3, 0.4) is 0 Å². The van der Waals surface area contributed by atoms with Crippen LogP contribution in [0.5, 0.6) is 0 Å². The van der Waals surface area contributed by atoms with Gasteiger partial charge in [-0.05, 0) is 48.4 Å². The van der Waals surface area contributed by atoms with Gasteiger partial charge in [0.15, 0.2) is 0 Å². The van der Waals surface area contributed by atoms with Crippen LogP contribution in [0.15, 0.2) is 77.7 Å². The molecule has 1 N–H and O–H groups in total. The fraction of sp³-hybridized carbons (Fsp3) is 0.240. The van der Waals surface area contributed by atoms with Crippen LogP contribution < -0.4 is 9.62 Å². The van der Waals surface area contributed by atoms with Crippen molar-refractivity contribution in [3.63, 3.8) is 0 Å². The van der Waals surface area contributed by atoms with Gasteiger partial charge in [0.1, 0.15) is 12.4 Å². The minimum Gasteiger partial charge on any atom is -0.354 e. The van der Waals surface area contributed by atoms with Gasteiger partial charge in [0.25, 0.3) is 10.0 Å². The summed E-state index contributed by atoms with van der Waals surface area (Å²) in [5.41, 5.74) is 1.91. The highest BCUT2D eigenvalue weighted by molar-refractivity contribution is 7.98. The summed E-state index contributed by atoms with van der Waals surface area (Å²) in [7, 11) is -3.94. The van der Waals surface area contributed by atoms with Gasteiger partial charge in [0, 0.05) is 28.6 Å². The lowest BCUT2D eigenvalue weighted by atomic mass is 10.1. The molecule has 0 heterocycles. The van der Waals surface area contributed by atoms with Crippen LogP contribution in [0.2, 0.25) is 5.02 Å². The molecule has 3 aromatic rings. The summed E-state index contributed by atoms with van der Waals surface area (Å²) in [6.07, 6.45) is 0.821. The largest absolute Gasteiger partial charge is 0.354 e. The number of anilines is 1. The van der Waals surface area contributed by atoms with E-state index < -0.39 is 15.9 Å². The molecule has 5 nitrogen and oxygen atoms in total. The maximum atomic E-state index is 13.9. The molecule has 9 heteroatoms. The van der Waals surface area contributed by atoms with Crippen molar-refractivity contribution in [3.8, 4) is 0 Å². The van der Waals surface area contributed by atoms with Crippen LogP contribution in [0.25, 0.3) is 0 Å². The normalized spacial score (nSPS) is 11.3. The molecule has 180 valence electrons. The van der Waals surface area contributed by atoms with Gasteiger partial charge in [0.05, 0.1) is 10.6 Å². The Bertz CT molecular complexity index is 1190. The molecule has 0 aliphatic carbocycles. The van der Waals surface area contributed by atoms with E-state index in [1.807, 2.05) is 19.1 Å². The van der Waals surface area contributed by atoms with E-state index in [9.17, 15) is 17.6 Å². The lowest BCUT2D eigenvalue weighted by Gasteiger charge is -2.24. The third-order valence-electron chi connectivity index (χ3n) is 5.13. The molecular formula is C25H26ClFN2O3S2. The van der Waals surface area contributed by atoms with Gasteiger partial charge in [-0.25, -0.2) is 12.8 Å². The Labute approximate surface area is 209 Å². The minimum atomic E-state index is -3.94. The number of carbonyl (C=O) groups excluding carboxylic acids is 1. The molecule has 0 saturated carbocycles. The number of nitrogens with one attached hydrogen (secondary N) is 1. The van der Waals surface area contributed by atoms with Crippen LogP contribution >= 0.6 is 23.4 Å². The van der Waals surface area contributed by atoms with E-state index >= 15 is 0 Å². The number of thioether (sulfide) groups is 1. The second-order valence-corrected chi connectivity index (χ2v) is 10.8. The summed E-state index contributed by atoms with van der Waals surface area (Å²) in [5, 5.41) is 3.12. The molecular weight excluding hydrogens is 495 g/mol. The molecule has 0 aliphatic rings. The maximum absolute atomic E-state index is 13.9. The van der Waals surface area contributed by atoms with Crippen LogP contribution in [0.1, 0.15) is 18.1 Å². The van der Waals surface area contributed by atoms with E-state index in [0.29, 0.717) is 34.3 Å². The van der Waals surface area contributed by atoms with Crippen molar-refractivity contribution in [2.24, 2.45) is 0 Å². The Kier molecular flexibility index (Phi) is 9.38. The molecule has 34 heavy (non-hydrogen) atoms. The predicted octanol–water partition coefficient (Wildman–Crippen LogP) is 5.29. The number of hydrogen-bond donors (Lipinski definition) is 1. The number of rotatable bonds is 11. The zero-order valence-corrected chi connectivity index (χ0v) is 21.1. The van der Waals surface area contributed by atoms with Crippen LogP contribution in [-0.4, -0.2) is 33.2 Å². The Hall–Kier alpha value is -2.55. The van der Waals surface area contributed by atoms with Gasteiger partial charge in [-0.3, -0.25) is 9.10 Å². The number of halogens is 2. The quantitative estimate of drug-likeness (QED) is 0.349. The van der Waals surface area contributed by atoms with Crippen LogP contribution in [0, 0.1) is 5.82 Å². The summed E-state index contributed by atoms with van der Waals surface area (Å²) in [6.45, 7) is 1.97. The SMILES string of the molecule is CCc1ccc(N(CC(=O)NCCSCc2c(F)cccc2Cl)S(=O)(=O)c2ccccc2)cc1. The summed E-state index contributed by atoms with van der Waals surface area (Å²) in [6, 6.07) is 19.7. The topological polar surface area (TPSA) is 66.5 Å². The highest BCUT2D eigenvalue weighted by atomic mass is 35.5. The Morgan fingerprint density at radius 3 is 2.38 bits per heavy atom. The van der Waals surface area contributed by atoms with Crippen molar-refractivity contribution < 1.29 is 17.6 Å². The van der Waals surface area contributed by atoms with Crippen molar-refractivity contribution in [3.05, 3.63) is 94.8 Å². The number of carbonyl (C=O) groups is 1. The molecule has 3 rings (SSSR count). The monoisotopic (exact) mass is 520 g/mol. The van der Waals surface area contributed by atoms with Gasteiger partial charge in [-0.15, -0.1) is 0 Å². The number of sulfonamides is 1. The zero-order chi connectivity index (χ0) is 24.6. The molecule has 0 radical (unpaired) electrons. The number of benzene rings is 3. The van der Waals surface area contributed by atoms with Gasteiger partial charge < -0.3 is 5.32 Å². The first-order chi connectivity index (χ1) is 16.3. The lowest BCUT2D eigenvalue weighted by Crippen LogP contribution is -2.41. The fourth-order valence-corrected chi connectivity index (χ4v) is 5.87. The second kappa shape index (κ2) is 12.2. The number of nitrogens with zero attached hydrogens (tertiary/aromatic N) is 1. The Morgan fingerprint density at radius 2 is 1.74 bits per heavy atom. The summed E-state index contributed by atoms with van der Waals surface area (Å²) in [5.74, 6) is 0.107. The molecule has 0 aromatic heterocycles. The van der Waals surface area contributed by atoms with E-state index in [-0.39, 0.29) is 17.3 Å². The van der Waals surface area contributed by atoms with Crippen LogP contribution in [0.4, 0.5) is 10.1 Å². The first-order valence-electron chi connectivity index (χ1n) is 10.8. The third-order valence-corrected chi connectivity index (χ3v) is 8.26. The van der Waals surface area contributed by atoms with Crippen molar-refractivity contribution in [1.29, 1.82) is 0 Å². The Balaban J connectivity index is 1.64. The molecule has 0 saturated heterocycles. The maximum Gasteiger partial charge on any atom is 0.264 e. The van der Waals surface area contributed by atoms with E-state index in [2.05, 4.69) is 5.32 Å².